The molecular weight excluding hydrogens is 150 g/mol. The van der Waals surface area contributed by atoms with Crippen LogP contribution in [0.15, 0.2) is 0 Å². The van der Waals surface area contributed by atoms with E-state index >= 15 is 0 Å². The third kappa shape index (κ3) is 1.95. The van der Waals surface area contributed by atoms with Gasteiger partial charge in [0.2, 0.25) is 0 Å². The van der Waals surface area contributed by atoms with Crippen molar-refractivity contribution in [2.45, 2.75) is 30.9 Å². The Morgan fingerprint density at radius 2 is 2.00 bits per heavy atom. The van der Waals surface area contributed by atoms with Crippen LogP contribution in [0.25, 0.3) is 0 Å². The molecule has 0 rings (SSSR count). The van der Waals surface area contributed by atoms with Gasteiger partial charge in [-0.1, -0.05) is 6.92 Å². The number of hydrogen-bond acceptors (Lipinski definition) is 3. The highest BCUT2D eigenvalue weighted by Crippen LogP contribution is 2.07. The van der Waals surface area contributed by atoms with Gasteiger partial charge in [-0.3, -0.25) is 0 Å². The predicted molar refractivity (Wildman–Crippen MR) is 42.0 cm³/mol. The molecule has 61 valence electrons. The van der Waals surface area contributed by atoms with Gasteiger partial charge in [0.1, 0.15) is 5.37 Å². The zero-order valence-electron chi connectivity index (χ0n) is 6.37. The Labute approximate surface area is 62.5 Å². The maximum Gasteiger partial charge on any atom is 0.168 e. The Morgan fingerprint density at radius 1 is 1.60 bits per heavy atom. The van der Waals surface area contributed by atoms with Crippen LogP contribution in [0.2, 0.25) is 0 Å². The molecule has 0 bridgehead atoms. The van der Waals surface area contributed by atoms with E-state index in [0.29, 0.717) is 6.42 Å². The topological polar surface area (TPSA) is 60.2 Å². The average Bonchev–Trinajstić information content (AvgIpc) is 1.86. The molecule has 3 nitrogen and oxygen atoms in total. The van der Waals surface area contributed by atoms with Gasteiger partial charge in [0.25, 0.3) is 0 Å². The second-order valence-electron chi connectivity index (χ2n) is 2.35. The van der Waals surface area contributed by atoms with Crippen LogP contribution in [0.3, 0.4) is 0 Å². The van der Waals surface area contributed by atoms with Crippen molar-refractivity contribution in [1.29, 1.82) is 0 Å². The average molecular weight is 164 g/mol. The largest absolute Gasteiger partial charge is 0.315 e. The minimum atomic E-state index is -3.16. The van der Waals surface area contributed by atoms with Crippen LogP contribution in [0.4, 0.5) is 0 Å². The first-order valence-corrected chi connectivity index (χ1v) is 4.85. The molecule has 0 saturated carbocycles. The van der Waals surface area contributed by atoms with Gasteiger partial charge in [-0.2, -0.15) is 0 Å². The molecule has 0 aliphatic rings. The summed E-state index contributed by atoms with van der Waals surface area (Å²) in [5, 5.41) is -1.36. The van der Waals surface area contributed by atoms with Crippen molar-refractivity contribution < 1.29 is 8.42 Å². The maximum atomic E-state index is 11.1. The van der Waals surface area contributed by atoms with E-state index in [1.54, 1.807) is 6.92 Å². The van der Waals surface area contributed by atoms with E-state index in [2.05, 4.69) is 6.92 Å². The molecule has 0 aliphatic heterocycles. The van der Waals surface area contributed by atoms with Crippen molar-refractivity contribution in [2.75, 3.05) is 0 Å². The van der Waals surface area contributed by atoms with E-state index in [1.165, 1.54) is 0 Å². The summed E-state index contributed by atoms with van der Waals surface area (Å²) in [6.07, 6.45) is 0.589. The van der Waals surface area contributed by atoms with Crippen molar-refractivity contribution in [3.8, 4) is 0 Å². The number of hydrogen-bond donors (Lipinski definition) is 1. The van der Waals surface area contributed by atoms with Crippen molar-refractivity contribution >= 4 is 9.84 Å². The van der Waals surface area contributed by atoms with Crippen molar-refractivity contribution in [3.05, 3.63) is 6.92 Å². The van der Waals surface area contributed by atoms with Crippen molar-refractivity contribution in [2.24, 2.45) is 5.73 Å². The number of sulfone groups is 1. The first-order chi connectivity index (χ1) is 4.42. The van der Waals surface area contributed by atoms with Gasteiger partial charge in [0.05, 0.1) is 5.25 Å². The highest BCUT2D eigenvalue weighted by atomic mass is 32.2. The minimum absolute atomic E-state index is 0.375. The summed E-state index contributed by atoms with van der Waals surface area (Å²) in [5.74, 6) is 0. The molecule has 0 fully saturated rings. The van der Waals surface area contributed by atoms with Crippen LogP contribution in [0.5, 0.6) is 0 Å². The summed E-state index contributed by atoms with van der Waals surface area (Å²) in [5.41, 5.74) is 5.15. The highest BCUT2D eigenvalue weighted by Gasteiger charge is 2.22. The lowest BCUT2D eigenvalue weighted by atomic mass is 10.4. The molecule has 0 aliphatic carbocycles. The lowest BCUT2D eigenvalue weighted by Gasteiger charge is -2.12. The van der Waals surface area contributed by atoms with Crippen LogP contribution < -0.4 is 5.73 Å². The summed E-state index contributed by atoms with van der Waals surface area (Å²) in [4.78, 5) is 0. The molecule has 0 saturated heterocycles. The number of nitrogens with two attached hydrogens (primary N) is 1. The summed E-state index contributed by atoms with van der Waals surface area (Å²) < 4.78 is 22.1. The fourth-order valence-electron chi connectivity index (χ4n) is 0.531. The van der Waals surface area contributed by atoms with Gasteiger partial charge in [-0.15, -0.1) is 0 Å². The van der Waals surface area contributed by atoms with Crippen LogP contribution in [-0.2, 0) is 9.84 Å². The van der Waals surface area contributed by atoms with E-state index in [1.807, 2.05) is 6.92 Å². The molecule has 0 aromatic rings. The predicted octanol–water partition coefficient (Wildman–Crippen LogP) is 0.319. The maximum absolute atomic E-state index is 11.1. The molecule has 1 radical (unpaired) electrons. The normalized spacial score (nSPS) is 18.4. The van der Waals surface area contributed by atoms with Crippen LogP contribution >= 0.6 is 0 Å². The molecule has 0 aromatic heterocycles. The third-order valence-corrected chi connectivity index (χ3v) is 3.86. The SMILES string of the molecule is [CH2]C(N)S(=O)(=O)C(C)CC. The monoisotopic (exact) mass is 164 g/mol. The lowest BCUT2D eigenvalue weighted by molar-refractivity contribution is 0.574. The second kappa shape index (κ2) is 3.34. The summed E-state index contributed by atoms with van der Waals surface area (Å²) in [6.45, 7) is 6.72. The molecular formula is C6H14NO2S. The Balaban J connectivity index is 4.42. The smallest absolute Gasteiger partial charge is 0.168 e. The van der Waals surface area contributed by atoms with E-state index in [4.69, 9.17) is 5.73 Å². The number of rotatable bonds is 3. The van der Waals surface area contributed by atoms with Crippen LogP contribution in [-0.4, -0.2) is 19.0 Å². The molecule has 0 heterocycles. The van der Waals surface area contributed by atoms with Crippen molar-refractivity contribution in [3.63, 3.8) is 0 Å². The minimum Gasteiger partial charge on any atom is -0.315 e. The lowest BCUT2D eigenvalue weighted by Crippen LogP contribution is -2.34. The fraction of sp³-hybridized carbons (Fsp3) is 0.833. The molecule has 0 aromatic carbocycles. The van der Waals surface area contributed by atoms with Gasteiger partial charge in [0, 0.05) is 0 Å². The quantitative estimate of drug-likeness (QED) is 0.653. The molecule has 2 atom stereocenters. The molecule has 0 amide bonds. The van der Waals surface area contributed by atoms with E-state index in [0.717, 1.165) is 0 Å². The molecule has 2 N–H and O–H groups in total. The highest BCUT2D eigenvalue weighted by molar-refractivity contribution is 7.92. The zero-order chi connectivity index (χ0) is 8.36. The molecule has 2 unspecified atom stereocenters. The first-order valence-electron chi connectivity index (χ1n) is 3.24. The fourth-order valence-corrected chi connectivity index (χ4v) is 1.59. The Morgan fingerprint density at radius 3 is 2.10 bits per heavy atom. The summed E-state index contributed by atoms with van der Waals surface area (Å²) >= 11 is 0. The van der Waals surface area contributed by atoms with E-state index < -0.39 is 15.2 Å². The van der Waals surface area contributed by atoms with Crippen molar-refractivity contribution in [1.82, 2.24) is 0 Å². The summed E-state index contributed by atoms with van der Waals surface area (Å²) in [7, 11) is -3.16. The van der Waals surface area contributed by atoms with Crippen LogP contribution in [0, 0.1) is 6.92 Å². The third-order valence-electron chi connectivity index (χ3n) is 1.56. The molecule has 4 heteroatoms. The van der Waals surface area contributed by atoms with E-state index in [-0.39, 0.29) is 5.25 Å². The van der Waals surface area contributed by atoms with Gasteiger partial charge in [-0.05, 0) is 20.3 Å². The standard InChI is InChI=1S/C6H14NO2S/c1-4-5(2)10(8,9)6(3)7/h5-6H,3-4,7H2,1-2H3. The van der Waals surface area contributed by atoms with Gasteiger partial charge < -0.3 is 5.73 Å². The first kappa shape index (κ1) is 9.91. The van der Waals surface area contributed by atoms with Crippen LogP contribution in [0.1, 0.15) is 20.3 Å². The van der Waals surface area contributed by atoms with E-state index in [9.17, 15) is 8.42 Å². The Hall–Kier alpha value is -0.0900. The van der Waals surface area contributed by atoms with Gasteiger partial charge in [0.15, 0.2) is 9.84 Å². The Kier molecular flexibility index (Phi) is 3.31. The molecule has 0 spiro atoms. The zero-order valence-corrected chi connectivity index (χ0v) is 7.19. The summed E-state index contributed by atoms with van der Waals surface area (Å²) in [6, 6.07) is 0. The van der Waals surface area contributed by atoms with Gasteiger partial charge >= 0.3 is 0 Å². The second-order valence-corrected chi connectivity index (χ2v) is 4.93. The molecule has 10 heavy (non-hydrogen) atoms. The Bertz CT molecular complexity index is 184. The van der Waals surface area contributed by atoms with Gasteiger partial charge in [-0.25, -0.2) is 8.42 Å².